The maximum atomic E-state index is 10.4. The van der Waals surface area contributed by atoms with Gasteiger partial charge >= 0.3 is 0 Å². The van der Waals surface area contributed by atoms with Gasteiger partial charge in [-0.2, -0.15) is 5.10 Å². The lowest BCUT2D eigenvalue weighted by Crippen LogP contribution is -2.17. The number of aliphatic hydroxyl groups excluding tert-OH is 1. The van der Waals surface area contributed by atoms with E-state index >= 15 is 0 Å². The predicted octanol–water partition coefficient (Wildman–Crippen LogP) is 3.58. The number of aliphatic hydroxyl groups is 1. The minimum absolute atomic E-state index is 0.0285. The van der Waals surface area contributed by atoms with Gasteiger partial charge in [0.15, 0.2) is 0 Å². The molecule has 104 valence electrons. The van der Waals surface area contributed by atoms with Crippen LogP contribution in [0.1, 0.15) is 71.7 Å². The molecule has 0 fully saturated rings. The van der Waals surface area contributed by atoms with Crippen LogP contribution in [0.5, 0.6) is 0 Å². The molecule has 0 saturated heterocycles. The van der Waals surface area contributed by atoms with Crippen LogP contribution in [0, 0.1) is 5.41 Å². The standard InChI is InChI=1S/C15H28N2O/c1-14(2,3)9-8-12(18)11-10-17(7)16-13(11)15(4,5)6/h10,12,18H,8-9H2,1-7H3. The molecule has 0 radical (unpaired) electrons. The van der Waals surface area contributed by atoms with Crippen LogP contribution in [0.15, 0.2) is 6.20 Å². The van der Waals surface area contributed by atoms with Crippen LogP contribution in [0.4, 0.5) is 0 Å². The Hall–Kier alpha value is -0.830. The maximum Gasteiger partial charge on any atom is 0.0823 e. The van der Waals surface area contributed by atoms with E-state index in [-0.39, 0.29) is 10.8 Å². The topological polar surface area (TPSA) is 38.0 Å². The highest BCUT2D eigenvalue weighted by Crippen LogP contribution is 2.32. The molecule has 0 bridgehead atoms. The number of rotatable bonds is 3. The van der Waals surface area contributed by atoms with E-state index in [1.807, 2.05) is 13.2 Å². The Kier molecular flexibility index (Phi) is 4.26. The Labute approximate surface area is 111 Å². The molecule has 3 nitrogen and oxygen atoms in total. The molecule has 0 amide bonds. The van der Waals surface area contributed by atoms with Crippen molar-refractivity contribution in [2.24, 2.45) is 12.5 Å². The Balaban J connectivity index is 2.89. The van der Waals surface area contributed by atoms with E-state index in [1.54, 1.807) is 4.68 Å². The summed E-state index contributed by atoms with van der Waals surface area (Å²) in [6, 6.07) is 0. The first kappa shape index (κ1) is 15.2. The monoisotopic (exact) mass is 252 g/mol. The zero-order chi connectivity index (χ0) is 14.1. The molecule has 0 saturated carbocycles. The molecule has 1 rings (SSSR count). The molecule has 0 aromatic carbocycles. The summed E-state index contributed by atoms with van der Waals surface area (Å²) in [6.07, 6.45) is 3.34. The van der Waals surface area contributed by atoms with Crippen LogP contribution in [0.2, 0.25) is 0 Å². The lowest BCUT2D eigenvalue weighted by molar-refractivity contribution is 0.145. The van der Waals surface area contributed by atoms with E-state index in [2.05, 4.69) is 46.6 Å². The molecular weight excluding hydrogens is 224 g/mol. The highest BCUT2D eigenvalue weighted by atomic mass is 16.3. The zero-order valence-electron chi connectivity index (χ0n) is 12.9. The zero-order valence-corrected chi connectivity index (χ0v) is 12.9. The average Bonchev–Trinajstić information content (AvgIpc) is 2.55. The Morgan fingerprint density at radius 1 is 1.22 bits per heavy atom. The summed E-state index contributed by atoms with van der Waals surface area (Å²) in [6.45, 7) is 13.0. The van der Waals surface area contributed by atoms with Crippen molar-refractivity contribution in [3.63, 3.8) is 0 Å². The normalized spacial score (nSPS) is 14.9. The van der Waals surface area contributed by atoms with Gasteiger partial charge in [-0.1, -0.05) is 41.5 Å². The molecular formula is C15H28N2O. The van der Waals surface area contributed by atoms with Gasteiger partial charge < -0.3 is 5.11 Å². The third-order valence-electron chi connectivity index (χ3n) is 3.09. The second-order valence-corrected chi connectivity index (χ2v) is 7.47. The van der Waals surface area contributed by atoms with Crippen LogP contribution in [0.3, 0.4) is 0 Å². The molecule has 1 N–H and O–H groups in total. The van der Waals surface area contributed by atoms with Gasteiger partial charge in [-0.15, -0.1) is 0 Å². The second kappa shape index (κ2) is 5.04. The SMILES string of the molecule is Cn1cc(C(O)CCC(C)(C)C)c(C(C)(C)C)n1. The van der Waals surface area contributed by atoms with Gasteiger partial charge in [0.2, 0.25) is 0 Å². The number of hydrogen-bond acceptors (Lipinski definition) is 2. The van der Waals surface area contributed by atoms with Crippen LogP contribution in [-0.2, 0) is 12.5 Å². The number of aromatic nitrogens is 2. The summed E-state index contributed by atoms with van der Waals surface area (Å²) in [7, 11) is 1.91. The molecule has 0 aliphatic heterocycles. The minimum atomic E-state index is -0.410. The van der Waals surface area contributed by atoms with Gasteiger partial charge in [0.1, 0.15) is 0 Å². The molecule has 1 aromatic heterocycles. The van der Waals surface area contributed by atoms with E-state index in [4.69, 9.17) is 0 Å². The number of nitrogens with zero attached hydrogens (tertiary/aromatic N) is 2. The molecule has 3 heteroatoms. The summed E-state index contributed by atoms with van der Waals surface area (Å²) >= 11 is 0. The number of hydrogen-bond donors (Lipinski definition) is 1. The van der Waals surface area contributed by atoms with Crippen LogP contribution >= 0.6 is 0 Å². The van der Waals surface area contributed by atoms with Gasteiger partial charge in [-0.3, -0.25) is 4.68 Å². The number of aryl methyl sites for hydroxylation is 1. The molecule has 0 aliphatic rings. The van der Waals surface area contributed by atoms with E-state index in [1.165, 1.54) is 0 Å². The smallest absolute Gasteiger partial charge is 0.0823 e. The first-order valence-electron chi connectivity index (χ1n) is 6.73. The van der Waals surface area contributed by atoms with E-state index in [0.717, 1.165) is 24.1 Å². The molecule has 0 aliphatic carbocycles. The maximum absolute atomic E-state index is 10.4. The largest absolute Gasteiger partial charge is 0.388 e. The quantitative estimate of drug-likeness (QED) is 0.893. The third kappa shape index (κ3) is 4.13. The second-order valence-electron chi connectivity index (χ2n) is 7.47. The van der Waals surface area contributed by atoms with Gasteiger partial charge in [0.25, 0.3) is 0 Å². The van der Waals surface area contributed by atoms with E-state index < -0.39 is 6.10 Å². The van der Waals surface area contributed by atoms with Crippen molar-refractivity contribution >= 4 is 0 Å². The Bertz CT molecular complexity index is 394. The van der Waals surface area contributed by atoms with Crippen LogP contribution in [0.25, 0.3) is 0 Å². The lowest BCUT2D eigenvalue weighted by atomic mass is 9.84. The first-order valence-corrected chi connectivity index (χ1v) is 6.73. The van der Waals surface area contributed by atoms with Crippen molar-refractivity contribution in [2.75, 3.05) is 0 Å². The van der Waals surface area contributed by atoms with Gasteiger partial charge in [-0.25, -0.2) is 0 Å². The van der Waals surface area contributed by atoms with Crippen molar-refractivity contribution in [3.05, 3.63) is 17.5 Å². The fourth-order valence-electron chi connectivity index (χ4n) is 2.06. The summed E-state index contributed by atoms with van der Waals surface area (Å²) in [5.74, 6) is 0. The van der Waals surface area contributed by atoms with Crippen LogP contribution < -0.4 is 0 Å². The third-order valence-corrected chi connectivity index (χ3v) is 3.09. The molecule has 1 atom stereocenters. The molecule has 0 spiro atoms. The van der Waals surface area contributed by atoms with Crippen LogP contribution in [-0.4, -0.2) is 14.9 Å². The summed E-state index contributed by atoms with van der Waals surface area (Å²) in [5.41, 5.74) is 2.21. The Morgan fingerprint density at radius 3 is 2.22 bits per heavy atom. The van der Waals surface area contributed by atoms with Crippen molar-refractivity contribution in [1.82, 2.24) is 9.78 Å². The lowest BCUT2D eigenvalue weighted by Gasteiger charge is -2.23. The van der Waals surface area contributed by atoms with E-state index in [0.29, 0.717) is 0 Å². The van der Waals surface area contributed by atoms with Crippen molar-refractivity contribution < 1.29 is 5.11 Å². The summed E-state index contributed by atoms with van der Waals surface area (Å²) in [5, 5.41) is 14.9. The van der Waals surface area contributed by atoms with Gasteiger partial charge in [-0.05, 0) is 18.3 Å². The van der Waals surface area contributed by atoms with E-state index in [9.17, 15) is 5.11 Å². The average molecular weight is 252 g/mol. The molecule has 1 unspecified atom stereocenters. The van der Waals surface area contributed by atoms with Crippen molar-refractivity contribution in [3.8, 4) is 0 Å². The van der Waals surface area contributed by atoms with Gasteiger partial charge in [0, 0.05) is 24.2 Å². The highest BCUT2D eigenvalue weighted by Gasteiger charge is 2.26. The summed E-state index contributed by atoms with van der Waals surface area (Å²) in [4.78, 5) is 0. The Morgan fingerprint density at radius 2 is 1.78 bits per heavy atom. The minimum Gasteiger partial charge on any atom is -0.388 e. The molecule has 18 heavy (non-hydrogen) atoms. The predicted molar refractivity (Wildman–Crippen MR) is 75.6 cm³/mol. The van der Waals surface area contributed by atoms with Gasteiger partial charge in [0.05, 0.1) is 11.8 Å². The fraction of sp³-hybridized carbons (Fsp3) is 0.800. The van der Waals surface area contributed by atoms with Crippen molar-refractivity contribution in [2.45, 2.75) is 65.9 Å². The molecule has 1 aromatic rings. The summed E-state index contributed by atoms with van der Waals surface area (Å²) < 4.78 is 1.80. The molecule has 1 heterocycles. The first-order chi connectivity index (χ1) is 8.00. The van der Waals surface area contributed by atoms with Crippen molar-refractivity contribution in [1.29, 1.82) is 0 Å². The highest BCUT2D eigenvalue weighted by molar-refractivity contribution is 5.26. The fourth-order valence-corrected chi connectivity index (χ4v) is 2.06.